The molecule has 0 spiro atoms. The number of rotatable bonds is 4. The van der Waals surface area contributed by atoms with Gasteiger partial charge in [-0.05, 0) is 55.2 Å². The Morgan fingerprint density at radius 2 is 1.94 bits per heavy atom. The lowest BCUT2D eigenvalue weighted by Crippen LogP contribution is -2.64. The molecule has 7 nitrogen and oxygen atoms in total. The van der Waals surface area contributed by atoms with E-state index in [1.807, 2.05) is 6.07 Å². The SMILES string of the molecule is CCC[C@H]1[C@H]2C[C@H](CN(Cc3ccc4c(c3)OC(F)(F)O4)C2)[C@@H]2CCCC(=O)N21.O=CO. The summed E-state index contributed by atoms with van der Waals surface area (Å²) >= 11 is 0. The van der Waals surface area contributed by atoms with Crippen molar-refractivity contribution in [2.45, 2.75) is 70.4 Å². The Hall–Kier alpha value is -2.42. The monoisotopic (exact) mass is 452 g/mol. The van der Waals surface area contributed by atoms with Crippen LogP contribution >= 0.6 is 0 Å². The van der Waals surface area contributed by atoms with Crippen LogP contribution in [0.3, 0.4) is 0 Å². The number of hydrogen-bond acceptors (Lipinski definition) is 5. The summed E-state index contributed by atoms with van der Waals surface area (Å²) in [6.45, 7) is 4.55. The molecule has 5 rings (SSSR count). The smallest absolute Gasteiger partial charge is 0.483 e. The molecule has 3 saturated heterocycles. The maximum absolute atomic E-state index is 13.3. The number of carboxylic acid groups (broad SMARTS) is 1. The van der Waals surface area contributed by atoms with Crippen LogP contribution < -0.4 is 9.47 Å². The molecule has 4 heterocycles. The first-order valence-electron chi connectivity index (χ1n) is 11.3. The number of benzene rings is 1. The minimum atomic E-state index is -3.58. The average molecular weight is 452 g/mol. The Morgan fingerprint density at radius 1 is 1.22 bits per heavy atom. The molecule has 0 aliphatic carbocycles. The largest absolute Gasteiger partial charge is 0.586 e. The first kappa shape index (κ1) is 22.8. The Labute approximate surface area is 186 Å². The molecule has 4 atom stereocenters. The minimum Gasteiger partial charge on any atom is -0.483 e. The van der Waals surface area contributed by atoms with Crippen LogP contribution in [-0.2, 0) is 16.1 Å². The summed E-state index contributed by atoms with van der Waals surface area (Å²) in [5, 5.41) is 6.89. The minimum absolute atomic E-state index is 0.0913. The fourth-order valence-electron chi connectivity index (χ4n) is 6.02. The van der Waals surface area contributed by atoms with Gasteiger partial charge < -0.3 is 19.5 Å². The Kier molecular flexibility index (Phi) is 6.55. The molecule has 0 radical (unpaired) electrons. The van der Waals surface area contributed by atoms with Gasteiger partial charge in [0.15, 0.2) is 11.5 Å². The van der Waals surface area contributed by atoms with Crippen LogP contribution in [0.4, 0.5) is 8.78 Å². The van der Waals surface area contributed by atoms with Crippen molar-refractivity contribution in [2.75, 3.05) is 13.1 Å². The van der Waals surface area contributed by atoms with Crippen molar-refractivity contribution >= 4 is 12.4 Å². The van der Waals surface area contributed by atoms with Gasteiger partial charge in [0.25, 0.3) is 6.47 Å². The fraction of sp³-hybridized carbons (Fsp3) is 0.652. The lowest BCUT2D eigenvalue weighted by molar-refractivity contribution is -0.286. The second-order valence-corrected chi connectivity index (χ2v) is 9.12. The predicted molar refractivity (Wildman–Crippen MR) is 111 cm³/mol. The number of fused-ring (bicyclic) bond motifs is 5. The molecule has 3 fully saturated rings. The number of carbonyl (C=O) groups excluding carboxylic acids is 1. The van der Waals surface area contributed by atoms with Gasteiger partial charge in [0.05, 0.1) is 0 Å². The first-order valence-corrected chi connectivity index (χ1v) is 11.3. The highest BCUT2D eigenvalue weighted by molar-refractivity contribution is 5.78. The van der Waals surface area contributed by atoms with Crippen molar-refractivity contribution < 1.29 is 33.0 Å². The van der Waals surface area contributed by atoms with Crippen molar-refractivity contribution in [1.82, 2.24) is 9.80 Å². The molecule has 4 aliphatic heterocycles. The lowest BCUT2D eigenvalue weighted by atomic mass is 9.71. The third-order valence-corrected chi connectivity index (χ3v) is 7.03. The maximum Gasteiger partial charge on any atom is 0.586 e. The normalized spacial score (nSPS) is 30.2. The molecular weight excluding hydrogens is 422 g/mol. The van der Waals surface area contributed by atoms with Crippen molar-refractivity contribution in [2.24, 2.45) is 11.8 Å². The van der Waals surface area contributed by atoms with Crippen LogP contribution in [0.25, 0.3) is 0 Å². The number of alkyl halides is 2. The Bertz CT molecular complexity index is 852. The second kappa shape index (κ2) is 9.21. The van der Waals surface area contributed by atoms with E-state index in [9.17, 15) is 13.6 Å². The number of nitrogens with zero attached hydrogens (tertiary/aromatic N) is 2. The highest BCUT2D eigenvalue weighted by Crippen LogP contribution is 2.44. The van der Waals surface area contributed by atoms with Gasteiger partial charge in [0.2, 0.25) is 5.91 Å². The zero-order valence-electron chi connectivity index (χ0n) is 18.2. The highest BCUT2D eigenvalue weighted by Gasteiger charge is 2.49. The van der Waals surface area contributed by atoms with Crippen LogP contribution in [-0.4, -0.2) is 58.8 Å². The summed E-state index contributed by atoms with van der Waals surface area (Å²) < 4.78 is 35.7. The van der Waals surface area contributed by atoms with E-state index in [-0.39, 0.29) is 18.0 Å². The van der Waals surface area contributed by atoms with Gasteiger partial charge >= 0.3 is 6.29 Å². The summed E-state index contributed by atoms with van der Waals surface area (Å²) in [7, 11) is 0. The summed E-state index contributed by atoms with van der Waals surface area (Å²) in [6, 6.07) is 5.78. The number of carbonyl (C=O) groups is 2. The average Bonchev–Trinajstić information content (AvgIpc) is 3.05. The van der Waals surface area contributed by atoms with Gasteiger partial charge in [0.1, 0.15) is 0 Å². The van der Waals surface area contributed by atoms with Crippen molar-refractivity contribution in [3.05, 3.63) is 23.8 Å². The Balaban J connectivity index is 0.000000775. The maximum atomic E-state index is 13.3. The number of likely N-dealkylation sites (tertiary alicyclic amines) is 1. The van der Waals surface area contributed by atoms with Crippen LogP contribution in [0.15, 0.2) is 18.2 Å². The molecule has 2 bridgehead atoms. The molecule has 0 saturated carbocycles. The molecule has 1 N–H and O–H groups in total. The van der Waals surface area contributed by atoms with Crippen molar-refractivity contribution in [3.8, 4) is 11.5 Å². The second-order valence-electron chi connectivity index (χ2n) is 9.12. The summed E-state index contributed by atoms with van der Waals surface area (Å²) in [5.74, 6) is 1.54. The van der Waals surface area contributed by atoms with Crippen molar-refractivity contribution in [1.29, 1.82) is 0 Å². The molecule has 1 aromatic carbocycles. The van der Waals surface area contributed by atoms with Gasteiger partial charge in [-0.25, -0.2) is 0 Å². The number of hydrogen-bond donors (Lipinski definition) is 1. The topological polar surface area (TPSA) is 79.3 Å². The van der Waals surface area contributed by atoms with E-state index in [4.69, 9.17) is 9.90 Å². The number of halogens is 2. The summed E-state index contributed by atoms with van der Waals surface area (Å²) in [6.07, 6.45) is 2.57. The molecule has 0 unspecified atom stereocenters. The van der Waals surface area contributed by atoms with E-state index in [0.717, 1.165) is 44.3 Å². The van der Waals surface area contributed by atoms with Crippen LogP contribution in [0, 0.1) is 11.8 Å². The van der Waals surface area contributed by atoms with Crippen LogP contribution in [0.2, 0.25) is 0 Å². The molecule has 32 heavy (non-hydrogen) atoms. The van der Waals surface area contributed by atoms with Gasteiger partial charge in [-0.15, -0.1) is 8.78 Å². The molecule has 4 aliphatic rings. The van der Waals surface area contributed by atoms with E-state index >= 15 is 0 Å². The standard InChI is InChI=1S/C22H28F2N2O3.CH2O2/c1-2-4-17-15-10-16(18-5-3-6-21(27)26(17)18)13-25(12-15)11-14-7-8-19-20(9-14)29-22(23,24)28-19;2-1-3/h7-9,15-18H,2-6,10-13H2,1H3;1H,(H,2,3)/t15-,16+,17-,18-;/m0./s1. The van der Waals surface area contributed by atoms with Gasteiger partial charge in [-0.1, -0.05) is 19.4 Å². The zero-order chi connectivity index (χ0) is 22.9. The number of ether oxygens (including phenoxy) is 2. The van der Waals surface area contributed by atoms with Crippen molar-refractivity contribution in [3.63, 3.8) is 0 Å². The molecule has 9 heteroatoms. The van der Waals surface area contributed by atoms with E-state index in [0.29, 0.717) is 42.8 Å². The number of amides is 1. The van der Waals surface area contributed by atoms with Gasteiger partial charge in [-0.2, -0.15) is 0 Å². The first-order chi connectivity index (χ1) is 15.3. The van der Waals surface area contributed by atoms with Gasteiger partial charge in [-0.3, -0.25) is 14.5 Å². The predicted octanol–water partition coefficient (Wildman–Crippen LogP) is 3.71. The van der Waals surface area contributed by atoms with E-state index in [1.54, 1.807) is 12.1 Å². The lowest BCUT2D eigenvalue weighted by Gasteiger charge is -2.57. The highest BCUT2D eigenvalue weighted by atomic mass is 19.3. The molecular formula is C23H30F2N2O5. The van der Waals surface area contributed by atoms with E-state index in [2.05, 4.69) is 26.2 Å². The molecule has 1 aromatic rings. The summed E-state index contributed by atoms with van der Waals surface area (Å²) in [5.41, 5.74) is 0.952. The van der Waals surface area contributed by atoms with Crippen LogP contribution in [0.1, 0.15) is 51.0 Å². The molecule has 1 amide bonds. The summed E-state index contributed by atoms with van der Waals surface area (Å²) in [4.78, 5) is 25.8. The van der Waals surface area contributed by atoms with Gasteiger partial charge in [0, 0.05) is 38.1 Å². The van der Waals surface area contributed by atoms with E-state index < -0.39 is 6.29 Å². The molecule has 176 valence electrons. The van der Waals surface area contributed by atoms with E-state index in [1.165, 1.54) is 6.42 Å². The Morgan fingerprint density at radius 3 is 2.69 bits per heavy atom. The quantitative estimate of drug-likeness (QED) is 0.702. The number of piperidine rings is 3. The van der Waals surface area contributed by atoms with Crippen LogP contribution in [0.5, 0.6) is 11.5 Å². The molecule has 0 aromatic heterocycles. The third-order valence-electron chi connectivity index (χ3n) is 7.03. The third kappa shape index (κ3) is 4.53. The zero-order valence-corrected chi connectivity index (χ0v) is 18.2. The fourth-order valence-corrected chi connectivity index (χ4v) is 6.02.